The predicted octanol–water partition coefficient (Wildman–Crippen LogP) is 1.78. The SMILES string of the molecule is O[N+]1(O)N=Nc2ccccc21. The van der Waals surface area contributed by atoms with Crippen LogP contribution in [-0.4, -0.2) is 10.4 Å². The Labute approximate surface area is 62.3 Å². The lowest BCUT2D eigenvalue weighted by Crippen LogP contribution is -2.32. The van der Waals surface area contributed by atoms with Crippen LogP contribution in [0.15, 0.2) is 34.6 Å². The third-order valence-corrected chi connectivity index (χ3v) is 1.48. The monoisotopic (exact) mass is 152 g/mol. The van der Waals surface area contributed by atoms with Crippen LogP contribution in [0.25, 0.3) is 0 Å². The van der Waals surface area contributed by atoms with Crippen molar-refractivity contribution in [2.24, 2.45) is 10.3 Å². The summed E-state index contributed by atoms with van der Waals surface area (Å²) in [6, 6.07) is 6.65. The summed E-state index contributed by atoms with van der Waals surface area (Å²) in [5.74, 6) is 0. The second-order valence-corrected chi connectivity index (χ2v) is 2.25. The summed E-state index contributed by atoms with van der Waals surface area (Å²) in [6.07, 6.45) is 0. The molecule has 56 valence electrons. The minimum absolute atomic E-state index is 0.271. The quantitative estimate of drug-likeness (QED) is 0.556. The number of rotatable bonds is 0. The van der Waals surface area contributed by atoms with Crippen molar-refractivity contribution in [3.8, 4) is 0 Å². The van der Waals surface area contributed by atoms with Gasteiger partial charge < -0.3 is 0 Å². The molecule has 1 aliphatic heterocycles. The topological polar surface area (TPSA) is 65.2 Å². The van der Waals surface area contributed by atoms with Crippen LogP contribution in [-0.2, 0) is 0 Å². The number of para-hydroxylation sites is 1. The highest BCUT2D eigenvalue weighted by molar-refractivity contribution is 5.63. The predicted molar refractivity (Wildman–Crippen MR) is 36.3 cm³/mol. The Hall–Kier alpha value is -1.30. The molecule has 1 aromatic rings. The number of nitrogens with zero attached hydrogens (tertiary/aromatic N) is 3. The number of hydrogen-bond donors (Lipinski definition) is 2. The van der Waals surface area contributed by atoms with Gasteiger partial charge in [-0.3, -0.25) is 0 Å². The van der Waals surface area contributed by atoms with E-state index in [0.29, 0.717) is 5.69 Å². The molecule has 0 bridgehead atoms. The van der Waals surface area contributed by atoms with Gasteiger partial charge >= 0.3 is 0 Å². The highest BCUT2D eigenvalue weighted by Crippen LogP contribution is 2.36. The van der Waals surface area contributed by atoms with E-state index in [4.69, 9.17) is 10.4 Å². The summed E-state index contributed by atoms with van der Waals surface area (Å²) in [6.45, 7) is 0. The van der Waals surface area contributed by atoms with Gasteiger partial charge in [0.25, 0.3) is 5.69 Å². The molecule has 11 heavy (non-hydrogen) atoms. The maximum absolute atomic E-state index is 9.08. The zero-order valence-electron chi connectivity index (χ0n) is 5.55. The molecule has 0 atom stereocenters. The van der Waals surface area contributed by atoms with Crippen molar-refractivity contribution in [3.63, 3.8) is 0 Å². The van der Waals surface area contributed by atoms with Gasteiger partial charge in [-0.25, -0.2) is 0 Å². The Morgan fingerprint density at radius 3 is 2.64 bits per heavy atom. The first kappa shape index (κ1) is 6.41. The molecule has 0 radical (unpaired) electrons. The lowest BCUT2D eigenvalue weighted by atomic mass is 10.3. The summed E-state index contributed by atoms with van der Waals surface area (Å²) in [5.41, 5.74) is 0.755. The van der Waals surface area contributed by atoms with E-state index in [1.807, 2.05) is 0 Å². The molecule has 5 heteroatoms. The van der Waals surface area contributed by atoms with E-state index in [1.54, 1.807) is 24.3 Å². The van der Waals surface area contributed by atoms with Crippen LogP contribution >= 0.6 is 0 Å². The van der Waals surface area contributed by atoms with Crippen molar-refractivity contribution in [1.82, 2.24) is 4.92 Å². The van der Waals surface area contributed by atoms with E-state index in [9.17, 15) is 0 Å². The molecule has 1 aliphatic rings. The first-order valence-corrected chi connectivity index (χ1v) is 3.07. The van der Waals surface area contributed by atoms with Gasteiger partial charge in [0, 0.05) is 6.07 Å². The van der Waals surface area contributed by atoms with E-state index < -0.39 is 4.92 Å². The normalized spacial score (nSPS) is 18.4. The average molecular weight is 152 g/mol. The third kappa shape index (κ3) is 0.829. The van der Waals surface area contributed by atoms with Crippen molar-refractivity contribution in [2.75, 3.05) is 0 Å². The second kappa shape index (κ2) is 1.85. The fourth-order valence-corrected chi connectivity index (χ4v) is 0.961. The maximum atomic E-state index is 9.08. The molecule has 0 spiro atoms. The summed E-state index contributed by atoms with van der Waals surface area (Å²) < 4.78 is 0. The Balaban J connectivity index is 2.64. The molecule has 5 nitrogen and oxygen atoms in total. The van der Waals surface area contributed by atoms with Crippen LogP contribution < -0.4 is 4.92 Å². The van der Waals surface area contributed by atoms with Gasteiger partial charge in [-0.15, -0.1) is 10.4 Å². The van der Waals surface area contributed by atoms with Gasteiger partial charge in [0.2, 0.25) is 0 Å². The van der Waals surface area contributed by atoms with Gasteiger partial charge in [0.05, 0.1) is 0 Å². The zero-order chi connectivity index (χ0) is 7.90. The van der Waals surface area contributed by atoms with Crippen LogP contribution in [0.3, 0.4) is 0 Å². The summed E-state index contributed by atoms with van der Waals surface area (Å²) in [7, 11) is 0. The molecular formula is C6H6N3O2+. The second-order valence-electron chi connectivity index (χ2n) is 2.25. The lowest BCUT2D eigenvalue weighted by Gasteiger charge is -2.05. The maximum Gasteiger partial charge on any atom is 0.259 e. The van der Waals surface area contributed by atoms with Crippen LogP contribution in [0, 0.1) is 0 Å². The van der Waals surface area contributed by atoms with Crippen LogP contribution in [0.5, 0.6) is 0 Å². The van der Waals surface area contributed by atoms with Crippen LogP contribution in [0.4, 0.5) is 11.4 Å². The fraction of sp³-hybridized carbons (Fsp3) is 0. The van der Waals surface area contributed by atoms with Gasteiger partial charge in [-0.1, -0.05) is 17.2 Å². The Kier molecular flexibility index (Phi) is 1.08. The van der Waals surface area contributed by atoms with Crippen molar-refractivity contribution in [3.05, 3.63) is 24.3 Å². The van der Waals surface area contributed by atoms with E-state index >= 15 is 0 Å². The average Bonchev–Trinajstić information content (AvgIpc) is 2.29. The molecule has 0 amide bonds. The molecular weight excluding hydrogens is 146 g/mol. The van der Waals surface area contributed by atoms with Crippen molar-refractivity contribution >= 4 is 11.4 Å². The van der Waals surface area contributed by atoms with E-state index in [0.717, 1.165) is 0 Å². The smallest absolute Gasteiger partial charge is 0.145 e. The summed E-state index contributed by atoms with van der Waals surface area (Å²) >= 11 is 0. The Bertz CT molecular complexity index is 321. The van der Waals surface area contributed by atoms with Gasteiger partial charge in [-0.05, 0) is 6.07 Å². The molecule has 1 heterocycles. The standard InChI is InChI=1S/C6H6N3O2/c10-9(11)6-4-2-1-3-5(6)7-8-9/h1-4,10-11H/q+1. The number of quaternary nitrogens is 1. The molecule has 0 aliphatic carbocycles. The largest absolute Gasteiger partial charge is 0.259 e. The Morgan fingerprint density at radius 2 is 1.91 bits per heavy atom. The van der Waals surface area contributed by atoms with Crippen LogP contribution in [0.1, 0.15) is 0 Å². The van der Waals surface area contributed by atoms with E-state index in [1.165, 1.54) is 0 Å². The minimum atomic E-state index is -1.49. The highest BCUT2D eigenvalue weighted by atomic mass is 16.9. The molecule has 0 fully saturated rings. The summed E-state index contributed by atoms with van der Waals surface area (Å²) in [4.78, 5) is -1.49. The van der Waals surface area contributed by atoms with Gasteiger partial charge in [0.1, 0.15) is 10.1 Å². The van der Waals surface area contributed by atoms with Crippen LogP contribution in [0.2, 0.25) is 0 Å². The van der Waals surface area contributed by atoms with Crippen molar-refractivity contribution in [2.45, 2.75) is 0 Å². The molecule has 0 unspecified atom stereocenters. The first-order valence-electron chi connectivity index (χ1n) is 3.07. The number of fused-ring (bicyclic) bond motifs is 1. The molecule has 2 rings (SSSR count). The van der Waals surface area contributed by atoms with E-state index in [-0.39, 0.29) is 5.69 Å². The third-order valence-electron chi connectivity index (χ3n) is 1.48. The molecule has 0 saturated heterocycles. The minimum Gasteiger partial charge on any atom is -0.145 e. The molecule has 2 N–H and O–H groups in total. The fourth-order valence-electron chi connectivity index (χ4n) is 0.961. The summed E-state index contributed by atoms with van der Waals surface area (Å²) in [5, 5.41) is 24.9. The van der Waals surface area contributed by atoms with E-state index in [2.05, 4.69) is 10.3 Å². The molecule has 0 saturated carbocycles. The van der Waals surface area contributed by atoms with Gasteiger partial charge in [-0.2, -0.15) is 0 Å². The lowest BCUT2D eigenvalue weighted by molar-refractivity contribution is -0.292. The number of hydrogen-bond acceptors (Lipinski definition) is 4. The molecule has 1 aromatic carbocycles. The van der Waals surface area contributed by atoms with Crippen molar-refractivity contribution in [1.29, 1.82) is 0 Å². The first-order chi connectivity index (χ1) is 5.20. The number of benzene rings is 1. The zero-order valence-corrected chi connectivity index (χ0v) is 5.55. The Morgan fingerprint density at radius 1 is 1.18 bits per heavy atom. The highest BCUT2D eigenvalue weighted by Gasteiger charge is 2.36. The van der Waals surface area contributed by atoms with Crippen molar-refractivity contribution < 1.29 is 10.4 Å². The molecule has 0 aromatic heterocycles. The van der Waals surface area contributed by atoms with Gasteiger partial charge in [0.15, 0.2) is 5.69 Å².